The van der Waals surface area contributed by atoms with E-state index in [0.717, 1.165) is 10.0 Å². The van der Waals surface area contributed by atoms with Gasteiger partial charge >= 0.3 is 0 Å². The molecule has 0 radical (unpaired) electrons. The Morgan fingerprint density at radius 1 is 1.00 bits per heavy atom. The summed E-state index contributed by atoms with van der Waals surface area (Å²) in [5.41, 5.74) is 1.61. The number of carbonyl (C=O) groups is 1. The van der Waals surface area contributed by atoms with Crippen LogP contribution in [-0.2, 0) is 0 Å². The van der Waals surface area contributed by atoms with Crippen LogP contribution in [-0.4, -0.2) is 16.3 Å². The van der Waals surface area contributed by atoms with Crippen LogP contribution in [0.4, 0.5) is 0 Å². The fourth-order valence-corrected chi connectivity index (χ4v) is 1.71. The maximum absolute atomic E-state index is 10.7. The van der Waals surface area contributed by atoms with Crippen molar-refractivity contribution in [3.63, 3.8) is 0 Å². The summed E-state index contributed by atoms with van der Waals surface area (Å²) in [5.74, 6) is 0. The van der Waals surface area contributed by atoms with Gasteiger partial charge in [0.2, 0.25) is 0 Å². The second-order valence-corrected chi connectivity index (χ2v) is 4.81. The lowest BCUT2D eigenvalue weighted by atomic mass is 10.2. The summed E-state index contributed by atoms with van der Waals surface area (Å²) >= 11 is 3.23. The maximum Gasteiger partial charge on any atom is 0.250 e. The lowest BCUT2D eigenvalue weighted by molar-refractivity contribution is 0.112. The fraction of sp³-hybridized carbons (Fsp3) is 0.154. The number of carbonyl (C=O) groups excluding carboxylic acids is 1. The van der Waals surface area contributed by atoms with E-state index in [2.05, 4.69) is 25.9 Å². The number of rotatable bonds is 1. The van der Waals surface area contributed by atoms with E-state index in [1.165, 1.54) is 6.20 Å². The summed E-state index contributed by atoms with van der Waals surface area (Å²) in [4.78, 5) is 36.6. The number of pyridine rings is 2. The monoisotopic (exact) mass is 324 g/mol. The third-order valence-electron chi connectivity index (χ3n) is 2.30. The van der Waals surface area contributed by atoms with Crippen LogP contribution in [0.15, 0.2) is 38.6 Å². The molecule has 0 fully saturated rings. The largest absolute Gasteiger partial charge is 0.328 e. The number of aromatic amines is 2. The highest BCUT2D eigenvalue weighted by Crippen LogP contribution is 2.04. The van der Waals surface area contributed by atoms with Gasteiger partial charge < -0.3 is 9.97 Å². The van der Waals surface area contributed by atoms with Crippen LogP contribution in [0.25, 0.3) is 0 Å². The molecule has 2 aromatic rings. The summed E-state index contributed by atoms with van der Waals surface area (Å²) in [6.45, 7) is 3.43. The molecular formula is C13H13BrN2O3. The Morgan fingerprint density at radius 2 is 1.53 bits per heavy atom. The van der Waals surface area contributed by atoms with Gasteiger partial charge in [-0.3, -0.25) is 14.4 Å². The van der Waals surface area contributed by atoms with E-state index >= 15 is 0 Å². The minimum absolute atomic E-state index is 0.0294. The van der Waals surface area contributed by atoms with Crippen molar-refractivity contribution >= 4 is 22.2 Å². The van der Waals surface area contributed by atoms with Crippen molar-refractivity contribution in [2.24, 2.45) is 0 Å². The van der Waals surface area contributed by atoms with Crippen molar-refractivity contribution in [3.05, 3.63) is 66.4 Å². The Labute approximate surface area is 117 Å². The summed E-state index contributed by atoms with van der Waals surface area (Å²) < 4.78 is 0.902. The number of hydrogen-bond acceptors (Lipinski definition) is 3. The minimum Gasteiger partial charge on any atom is -0.328 e. The van der Waals surface area contributed by atoms with Gasteiger partial charge in [0.25, 0.3) is 11.1 Å². The van der Waals surface area contributed by atoms with Gasteiger partial charge in [0, 0.05) is 33.6 Å². The second-order valence-electron chi connectivity index (χ2n) is 3.89. The lowest BCUT2D eigenvalue weighted by Crippen LogP contribution is -2.08. The van der Waals surface area contributed by atoms with Gasteiger partial charge in [0.05, 0.1) is 0 Å². The van der Waals surface area contributed by atoms with Crippen molar-refractivity contribution < 1.29 is 4.79 Å². The Balaban J connectivity index is 0.000000191. The first-order valence-corrected chi connectivity index (χ1v) is 6.22. The van der Waals surface area contributed by atoms with Gasteiger partial charge in [-0.2, -0.15) is 0 Å². The molecule has 2 rings (SSSR count). The Bertz CT molecular complexity index is 689. The SMILES string of the molecule is Cc1cc(Br)c[nH]c1=O.Cc1cc(C=O)c[nH]c1=O. The molecule has 19 heavy (non-hydrogen) atoms. The summed E-state index contributed by atoms with van der Waals surface area (Å²) in [6, 6.07) is 3.32. The van der Waals surface area contributed by atoms with Crippen LogP contribution >= 0.6 is 15.9 Å². The lowest BCUT2D eigenvalue weighted by Gasteiger charge is -1.90. The van der Waals surface area contributed by atoms with Gasteiger partial charge in [-0.15, -0.1) is 0 Å². The zero-order valence-corrected chi connectivity index (χ0v) is 12.1. The standard InChI is InChI=1S/C7H7NO2.C6H6BrNO/c1-5-2-6(4-9)3-8-7(5)10;1-4-2-5(7)3-8-6(4)9/h2-4H,1H3,(H,8,10);2-3H,1H3,(H,8,9). The molecule has 0 saturated heterocycles. The summed E-state index contributed by atoms with van der Waals surface area (Å²) in [5, 5.41) is 0. The Kier molecular flexibility index (Phi) is 5.44. The van der Waals surface area contributed by atoms with Gasteiger partial charge in [0.15, 0.2) is 6.29 Å². The molecule has 2 aromatic heterocycles. The molecular weight excluding hydrogens is 312 g/mol. The average molecular weight is 325 g/mol. The first kappa shape index (κ1) is 15.1. The molecule has 0 aliphatic heterocycles. The number of aromatic nitrogens is 2. The third-order valence-corrected chi connectivity index (χ3v) is 2.76. The van der Waals surface area contributed by atoms with Crippen LogP contribution < -0.4 is 11.1 Å². The number of aryl methyl sites for hydroxylation is 2. The van der Waals surface area contributed by atoms with Crippen molar-refractivity contribution in [1.82, 2.24) is 9.97 Å². The van der Waals surface area contributed by atoms with E-state index in [-0.39, 0.29) is 11.1 Å². The zero-order valence-electron chi connectivity index (χ0n) is 10.5. The normalized spacial score (nSPS) is 9.42. The van der Waals surface area contributed by atoms with Gasteiger partial charge in [0.1, 0.15) is 0 Å². The second kappa shape index (κ2) is 6.84. The molecule has 0 aliphatic rings. The fourth-order valence-electron chi connectivity index (χ4n) is 1.25. The molecule has 2 heterocycles. The predicted octanol–water partition coefficient (Wildman–Crippen LogP) is 1.94. The van der Waals surface area contributed by atoms with Gasteiger partial charge in [-0.25, -0.2) is 0 Å². The molecule has 0 atom stereocenters. The van der Waals surface area contributed by atoms with E-state index in [9.17, 15) is 14.4 Å². The molecule has 100 valence electrons. The minimum atomic E-state index is -0.148. The van der Waals surface area contributed by atoms with Crippen molar-refractivity contribution in [3.8, 4) is 0 Å². The number of nitrogens with one attached hydrogen (secondary N) is 2. The Morgan fingerprint density at radius 3 is 1.95 bits per heavy atom. The molecule has 0 spiro atoms. The highest BCUT2D eigenvalue weighted by atomic mass is 79.9. The summed E-state index contributed by atoms with van der Waals surface area (Å²) in [7, 11) is 0. The zero-order chi connectivity index (χ0) is 14.4. The van der Waals surface area contributed by atoms with Gasteiger partial charge in [-0.1, -0.05) is 0 Å². The van der Waals surface area contributed by atoms with Crippen LogP contribution in [0.2, 0.25) is 0 Å². The van der Waals surface area contributed by atoms with Crippen LogP contribution in [0.5, 0.6) is 0 Å². The molecule has 6 heteroatoms. The Hall–Kier alpha value is -1.95. The predicted molar refractivity (Wildman–Crippen MR) is 76.7 cm³/mol. The number of H-pyrrole nitrogens is 2. The topological polar surface area (TPSA) is 82.8 Å². The number of aldehydes is 1. The third kappa shape index (κ3) is 4.67. The van der Waals surface area contributed by atoms with E-state index in [1.807, 2.05) is 0 Å². The molecule has 0 aromatic carbocycles. The maximum atomic E-state index is 10.7. The first-order chi connectivity index (χ1) is 8.93. The smallest absolute Gasteiger partial charge is 0.250 e. The van der Waals surface area contributed by atoms with Crippen molar-refractivity contribution in [1.29, 1.82) is 0 Å². The van der Waals surface area contributed by atoms with Crippen LogP contribution in [0.3, 0.4) is 0 Å². The highest BCUT2D eigenvalue weighted by Gasteiger charge is 1.93. The van der Waals surface area contributed by atoms with Crippen LogP contribution in [0, 0.1) is 13.8 Å². The highest BCUT2D eigenvalue weighted by molar-refractivity contribution is 9.10. The van der Waals surface area contributed by atoms with E-state index in [1.54, 1.807) is 32.2 Å². The summed E-state index contributed by atoms with van der Waals surface area (Å²) in [6.07, 6.45) is 3.71. The van der Waals surface area contributed by atoms with E-state index < -0.39 is 0 Å². The van der Waals surface area contributed by atoms with E-state index in [0.29, 0.717) is 17.4 Å². The molecule has 0 unspecified atom stereocenters. The molecule has 0 saturated carbocycles. The molecule has 0 aliphatic carbocycles. The number of halogens is 1. The van der Waals surface area contributed by atoms with Crippen molar-refractivity contribution in [2.75, 3.05) is 0 Å². The quantitative estimate of drug-likeness (QED) is 0.786. The van der Waals surface area contributed by atoms with E-state index in [4.69, 9.17) is 0 Å². The molecule has 0 bridgehead atoms. The average Bonchev–Trinajstić information content (AvgIpc) is 2.38. The molecule has 0 amide bonds. The first-order valence-electron chi connectivity index (χ1n) is 5.43. The molecule has 5 nitrogen and oxygen atoms in total. The van der Waals surface area contributed by atoms with Crippen LogP contribution in [0.1, 0.15) is 21.5 Å². The van der Waals surface area contributed by atoms with Crippen molar-refractivity contribution in [2.45, 2.75) is 13.8 Å². The number of hydrogen-bond donors (Lipinski definition) is 2. The molecule has 2 N–H and O–H groups in total. The van der Waals surface area contributed by atoms with Gasteiger partial charge in [-0.05, 0) is 41.9 Å².